The quantitative estimate of drug-likeness (QED) is 0.235. The fourth-order valence-corrected chi connectivity index (χ4v) is 6.64. The number of phenolic OH excluding ortho intramolecular Hbond substituents is 1. The molecule has 5 aromatic carbocycles. The molecule has 1 heterocycles. The summed E-state index contributed by atoms with van der Waals surface area (Å²) in [5.74, 6) is 0.802. The van der Waals surface area contributed by atoms with Crippen LogP contribution in [-0.4, -0.2) is 39.0 Å². The average Bonchev–Trinajstić information content (AvgIpc) is 3.04. The van der Waals surface area contributed by atoms with E-state index in [0.29, 0.717) is 46.0 Å². The second kappa shape index (κ2) is 7.54. The van der Waals surface area contributed by atoms with E-state index >= 15 is 0 Å². The second-order valence-electron chi connectivity index (χ2n) is 10.3. The molecule has 0 aromatic heterocycles. The summed E-state index contributed by atoms with van der Waals surface area (Å²) in [6.45, 7) is 4.78. The largest absolute Gasteiger partial charge is 0.504 e. The van der Waals surface area contributed by atoms with Crippen molar-refractivity contribution in [2.24, 2.45) is 0 Å². The van der Waals surface area contributed by atoms with Crippen molar-refractivity contribution in [3.05, 3.63) is 49.3 Å². The Morgan fingerprint density at radius 2 is 1.45 bits per heavy atom. The summed E-state index contributed by atoms with van der Waals surface area (Å²) in [6.07, 6.45) is 2.61. The first-order chi connectivity index (χ1) is 18.3. The first-order valence-corrected chi connectivity index (χ1v) is 12.5. The van der Waals surface area contributed by atoms with Gasteiger partial charge in [-0.25, -0.2) is 0 Å². The van der Waals surface area contributed by atoms with Crippen molar-refractivity contribution in [1.82, 2.24) is 0 Å². The lowest BCUT2D eigenvalue weighted by atomic mass is 9.83. The van der Waals surface area contributed by atoms with Crippen molar-refractivity contribution in [2.45, 2.75) is 26.3 Å². The average molecular weight is 511 g/mol. The molecular formula is C30H26N2O6. The van der Waals surface area contributed by atoms with E-state index in [1.165, 1.54) is 33.5 Å². The highest BCUT2D eigenvalue weighted by Gasteiger charge is 2.33. The molecule has 5 aromatic rings. The molecule has 1 aliphatic heterocycles. The fraction of sp³-hybridized carbons (Fsp3) is 0.267. The molecule has 0 saturated heterocycles. The first-order valence-electron chi connectivity index (χ1n) is 12.5. The van der Waals surface area contributed by atoms with Gasteiger partial charge in [0, 0.05) is 62.8 Å². The number of aromatic hydroxyl groups is 1. The highest BCUT2D eigenvalue weighted by molar-refractivity contribution is 6.40. The van der Waals surface area contributed by atoms with E-state index in [4.69, 9.17) is 14.2 Å². The number of methoxy groups -OCH3 is 3. The van der Waals surface area contributed by atoms with Crippen LogP contribution >= 0.6 is 0 Å². The predicted molar refractivity (Wildman–Crippen MR) is 152 cm³/mol. The topological polar surface area (TPSA) is 106 Å². The standard InChI is InChI=1S/C30H26N2O6/c1-11-6-13-19-20-14(7-11)30(38-5)29(35)22-16(34)9-18(37-4)24(26(20)22)23-17(36-3)8-15(33)21(25(19)23)28-27(13)31-10-12(2)32-28/h6,8-9,12,31-32,35H,7,10H2,1-5H3. The molecule has 1 atom stereocenters. The smallest absolute Gasteiger partial charge is 0.194 e. The maximum Gasteiger partial charge on any atom is 0.194 e. The summed E-state index contributed by atoms with van der Waals surface area (Å²) in [4.78, 5) is 27.3. The molecule has 0 bridgehead atoms. The Hall–Kier alpha value is -4.46. The Morgan fingerprint density at radius 1 is 0.816 bits per heavy atom. The summed E-state index contributed by atoms with van der Waals surface area (Å²) >= 11 is 0. The Morgan fingerprint density at radius 3 is 2.08 bits per heavy atom. The number of rotatable bonds is 3. The van der Waals surface area contributed by atoms with Gasteiger partial charge in [-0.1, -0.05) is 11.6 Å². The van der Waals surface area contributed by atoms with Gasteiger partial charge >= 0.3 is 0 Å². The molecule has 0 spiro atoms. The fourth-order valence-electron chi connectivity index (χ4n) is 6.64. The predicted octanol–water partition coefficient (Wildman–Crippen LogP) is 4.81. The number of anilines is 2. The van der Waals surface area contributed by atoms with Crippen molar-refractivity contribution in [1.29, 1.82) is 0 Å². The lowest BCUT2D eigenvalue weighted by molar-refractivity contribution is 0.373. The monoisotopic (exact) mass is 510 g/mol. The van der Waals surface area contributed by atoms with Gasteiger partial charge in [0.2, 0.25) is 0 Å². The minimum absolute atomic E-state index is 0.105. The lowest BCUT2D eigenvalue weighted by Gasteiger charge is -2.30. The number of benzene rings is 5. The molecule has 8 heteroatoms. The Balaban J connectivity index is 1.98. The zero-order chi connectivity index (χ0) is 26.6. The van der Waals surface area contributed by atoms with Gasteiger partial charge in [0.05, 0.1) is 43.5 Å². The van der Waals surface area contributed by atoms with Gasteiger partial charge in [0.15, 0.2) is 22.4 Å². The maximum absolute atomic E-state index is 13.8. The molecule has 0 amide bonds. The van der Waals surface area contributed by atoms with Crippen molar-refractivity contribution in [2.75, 3.05) is 38.5 Å². The molecule has 8 nitrogen and oxygen atoms in total. The van der Waals surface area contributed by atoms with Crippen LogP contribution in [0.1, 0.15) is 25.0 Å². The van der Waals surface area contributed by atoms with Gasteiger partial charge in [-0.05, 0) is 25.7 Å². The summed E-state index contributed by atoms with van der Waals surface area (Å²) in [7, 11) is 4.53. The molecule has 192 valence electrons. The molecule has 7 rings (SSSR count). The summed E-state index contributed by atoms with van der Waals surface area (Å²) in [5, 5.41) is 23.4. The van der Waals surface area contributed by atoms with Crippen LogP contribution in [-0.2, 0) is 6.42 Å². The molecule has 1 unspecified atom stereocenters. The van der Waals surface area contributed by atoms with Crippen molar-refractivity contribution in [3.8, 4) is 23.0 Å². The van der Waals surface area contributed by atoms with Crippen molar-refractivity contribution < 1.29 is 19.3 Å². The van der Waals surface area contributed by atoms with Gasteiger partial charge in [0.1, 0.15) is 11.5 Å². The van der Waals surface area contributed by atoms with Crippen LogP contribution in [0, 0.1) is 0 Å². The van der Waals surface area contributed by atoms with Crippen LogP contribution in [0.3, 0.4) is 0 Å². The number of fused-ring (bicyclic) bond motifs is 4. The van der Waals surface area contributed by atoms with E-state index in [1.54, 1.807) is 0 Å². The Labute approximate surface area is 217 Å². The molecule has 0 radical (unpaired) electrons. The van der Waals surface area contributed by atoms with Crippen LogP contribution in [0.25, 0.3) is 49.2 Å². The van der Waals surface area contributed by atoms with E-state index < -0.39 is 0 Å². The molecule has 2 aliphatic rings. The van der Waals surface area contributed by atoms with Gasteiger partial charge in [-0.3, -0.25) is 9.59 Å². The normalized spacial score (nSPS) is 16.4. The lowest BCUT2D eigenvalue weighted by Crippen LogP contribution is -2.31. The molecular weight excluding hydrogens is 484 g/mol. The summed E-state index contributed by atoms with van der Waals surface area (Å²) in [5.41, 5.74) is 3.79. The Kier molecular flexibility index (Phi) is 4.50. The Bertz CT molecular complexity index is 2010. The van der Waals surface area contributed by atoms with Crippen LogP contribution in [0.15, 0.2) is 27.3 Å². The third-order valence-electron chi connectivity index (χ3n) is 8.04. The summed E-state index contributed by atoms with van der Waals surface area (Å²) in [6, 6.07) is 2.98. The highest BCUT2D eigenvalue weighted by Crippen LogP contribution is 2.56. The minimum atomic E-state index is -0.375. The number of hydrogen-bond acceptors (Lipinski definition) is 8. The first kappa shape index (κ1) is 22.7. The van der Waals surface area contributed by atoms with Crippen LogP contribution in [0.5, 0.6) is 23.0 Å². The third-order valence-corrected chi connectivity index (χ3v) is 8.04. The van der Waals surface area contributed by atoms with Gasteiger partial charge < -0.3 is 30.0 Å². The van der Waals surface area contributed by atoms with Crippen molar-refractivity contribution in [3.63, 3.8) is 0 Å². The highest BCUT2D eigenvalue weighted by atomic mass is 16.5. The SMILES string of the molecule is COc1c(O)c2c(=O)cc(OC)c3c4c(OC)cc(=O)c5c6c(c7c(c(c1CC(C)=C7)c23)c54)NCC(C)N6. The zero-order valence-corrected chi connectivity index (χ0v) is 21.7. The number of hydrogen-bond donors (Lipinski definition) is 3. The van der Waals surface area contributed by atoms with Gasteiger partial charge in [-0.15, -0.1) is 0 Å². The van der Waals surface area contributed by atoms with E-state index in [2.05, 4.69) is 23.6 Å². The minimum Gasteiger partial charge on any atom is -0.504 e. The van der Waals surface area contributed by atoms with E-state index in [1.807, 2.05) is 6.92 Å². The number of ether oxygens (including phenoxy) is 3. The molecule has 38 heavy (non-hydrogen) atoms. The van der Waals surface area contributed by atoms with Crippen LogP contribution in [0.2, 0.25) is 0 Å². The summed E-state index contributed by atoms with van der Waals surface area (Å²) < 4.78 is 17.3. The molecule has 1 aliphatic carbocycles. The third kappa shape index (κ3) is 2.59. The van der Waals surface area contributed by atoms with Crippen molar-refractivity contribution >= 4 is 60.5 Å². The number of allylic oxidation sites excluding steroid dienone is 1. The maximum atomic E-state index is 13.8. The second-order valence-corrected chi connectivity index (χ2v) is 10.3. The van der Waals surface area contributed by atoms with E-state index in [0.717, 1.165) is 44.2 Å². The van der Waals surface area contributed by atoms with E-state index in [-0.39, 0.29) is 33.8 Å². The van der Waals surface area contributed by atoms with E-state index in [9.17, 15) is 14.7 Å². The van der Waals surface area contributed by atoms with Gasteiger partial charge in [-0.2, -0.15) is 0 Å². The molecule has 0 saturated carbocycles. The number of phenols is 1. The molecule has 0 fully saturated rings. The van der Waals surface area contributed by atoms with Crippen LogP contribution in [0.4, 0.5) is 11.4 Å². The molecule has 3 N–H and O–H groups in total. The van der Waals surface area contributed by atoms with Gasteiger partial charge in [0.25, 0.3) is 0 Å². The zero-order valence-electron chi connectivity index (χ0n) is 21.7. The van der Waals surface area contributed by atoms with Crippen LogP contribution < -0.4 is 35.7 Å². The number of nitrogens with one attached hydrogen (secondary N) is 2.